The average molecular weight is 252 g/mol. The number of hydrogen-bond donors (Lipinski definition) is 0. The normalized spacial score (nSPS) is 35.3. The largest absolute Gasteiger partial charge is 0.465 e. The van der Waals surface area contributed by atoms with E-state index in [-0.39, 0.29) is 18.9 Å². The number of alkyl halides is 2. The Morgan fingerprint density at radius 3 is 2.61 bits per heavy atom. The molecule has 0 unspecified atom stereocenters. The third-order valence-corrected chi connectivity index (χ3v) is 4.20. The molecule has 0 spiro atoms. The summed E-state index contributed by atoms with van der Waals surface area (Å²) < 4.78 is 33.3. The van der Waals surface area contributed by atoms with Gasteiger partial charge in [-0.05, 0) is 24.8 Å². The molecular weight excluding hydrogens is 238 g/mol. The lowest BCUT2D eigenvalue weighted by Crippen LogP contribution is -2.53. The molecule has 0 amide bonds. The Labute approximate surface area is 104 Å². The van der Waals surface area contributed by atoms with Crippen LogP contribution in [0.1, 0.15) is 24.8 Å². The van der Waals surface area contributed by atoms with E-state index in [1.54, 1.807) is 37.3 Å². The molecule has 2 nitrogen and oxygen atoms in total. The first kappa shape index (κ1) is 11.6. The number of ether oxygens (including phenoxy) is 1. The predicted molar refractivity (Wildman–Crippen MR) is 61.3 cm³/mol. The maximum Gasteiger partial charge on any atom is 0.318 e. The van der Waals surface area contributed by atoms with Crippen molar-refractivity contribution in [3.63, 3.8) is 0 Å². The molecule has 0 aliphatic heterocycles. The van der Waals surface area contributed by atoms with Gasteiger partial charge in [-0.3, -0.25) is 4.79 Å². The highest BCUT2D eigenvalue weighted by Crippen LogP contribution is 2.81. The van der Waals surface area contributed by atoms with Crippen LogP contribution in [-0.4, -0.2) is 18.5 Å². The van der Waals surface area contributed by atoms with Gasteiger partial charge in [0.2, 0.25) is 0 Å². The van der Waals surface area contributed by atoms with Gasteiger partial charge in [0.1, 0.15) is 5.41 Å². The first-order valence-electron chi connectivity index (χ1n) is 6.15. The van der Waals surface area contributed by atoms with Gasteiger partial charge in [-0.2, -0.15) is 0 Å². The van der Waals surface area contributed by atoms with Crippen molar-refractivity contribution in [2.24, 2.45) is 11.3 Å². The molecule has 0 N–H and O–H groups in total. The Morgan fingerprint density at radius 1 is 1.39 bits per heavy atom. The van der Waals surface area contributed by atoms with Crippen molar-refractivity contribution in [1.82, 2.24) is 0 Å². The van der Waals surface area contributed by atoms with E-state index >= 15 is 0 Å². The number of halogens is 2. The minimum atomic E-state index is -2.98. The zero-order valence-corrected chi connectivity index (χ0v) is 10.0. The Hall–Kier alpha value is -1.45. The van der Waals surface area contributed by atoms with Crippen molar-refractivity contribution >= 4 is 5.97 Å². The molecule has 4 heteroatoms. The lowest BCUT2D eigenvalue weighted by atomic mass is 9.67. The third-order valence-electron chi connectivity index (χ3n) is 4.20. The summed E-state index contributed by atoms with van der Waals surface area (Å²) in [5, 5.41) is 0. The van der Waals surface area contributed by atoms with Crippen LogP contribution >= 0.6 is 0 Å². The number of fused-ring (bicyclic) bond motifs is 1. The molecule has 0 saturated heterocycles. The minimum Gasteiger partial charge on any atom is -0.465 e. The van der Waals surface area contributed by atoms with Gasteiger partial charge in [0.05, 0.1) is 12.5 Å². The summed E-state index contributed by atoms with van der Waals surface area (Å²) in [6, 6.07) is 8.69. The summed E-state index contributed by atoms with van der Waals surface area (Å²) in [6.07, 6.45) is 0.248. The number of rotatable bonds is 3. The smallest absolute Gasteiger partial charge is 0.318 e. The second-order valence-corrected chi connectivity index (χ2v) is 5.01. The molecule has 0 bridgehead atoms. The molecule has 3 atom stereocenters. The molecule has 18 heavy (non-hydrogen) atoms. The number of esters is 1. The SMILES string of the molecule is CCOC(=O)[C@@]12C[C@@H]1[C@H](c1ccccc1)C2(F)F. The van der Waals surface area contributed by atoms with Crippen LogP contribution in [0, 0.1) is 11.3 Å². The van der Waals surface area contributed by atoms with Crippen LogP contribution in [0.5, 0.6) is 0 Å². The minimum absolute atomic E-state index is 0.152. The number of benzene rings is 1. The van der Waals surface area contributed by atoms with Crippen molar-refractivity contribution in [1.29, 1.82) is 0 Å². The Morgan fingerprint density at radius 2 is 2.06 bits per heavy atom. The molecule has 1 aromatic carbocycles. The lowest BCUT2D eigenvalue weighted by molar-refractivity contribution is -0.198. The summed E-state index contributed by atoms with van der Waals surface area (Å²) in [4.78, 5) is 11.7. The van der Waals surface area contributed by atoms with E-state index in [0.29, 0.717) is 5.56 Å². The molecule has 2 aliphatic carbocycles. The summed E-state index contributed by atoms with van der Waals surface area (Å²) >= 11 is 0. The molecule has 3 rings (SSSR count). The Bertz CT molecular complexity index is 486. The molecule has 0 heterocycles. The van der Waals surface area contributed by atoms with E-state index in [1.807, 2.05) is 0 Å². The van der Waals surface area contributed by atoms with E-state index in [2.05, 4.69) is 0 Å². The summed E-state index contributed by atoms with van der Waals surface area (Å²) in [7, 11) is 0. The zero-order valence-electron chi connectivity index (χ0n) is 10.0. The van der Waals surface area contributed by atoms with Crippen LogP contribution < -0.4 is 0 Å². The van der Waals surface area contributed by atoms with Crippen LogP contribution in [0.3, 0.4) is 0 Å². The van der Waals surface area contributed by atoms with Gasteiger partial charge < -0.3 is 4.74 Å². The predicted octanol–water partition coefficient (Wildman–Crippen LogP) is 2.99. The standard InChI is InChI=1S/C14H14F2O2/c1-2-18-12(17)13-8-10(13)11(14(13,15)16)9-6-4-3-5-7-9/h3-7,10-11H,2,8H2,1H3/t10-,11+,13-/m1/s1. The van der Waals surface area contributed by atoms with Crippen molar-refractivity contribution < 1.29 is 18.3 Å². The second-order valence-electron chi connectivity index (χ2n) is 5.01. The highest BCUT2D eigenvalue weighted by molar-refractivity contribution is 5.85. The molecule has 2 aliphatic rings. The summed E-state index contributed by atoms with van der Waals surface area (Å²) in [6.45, 7) is 1.79. The van der Waals surface area contributed by atoms with Gasteiger partial charge in [0.15, 0.2) is 0 Å². The van der Waals surface area contributed by atoms with Gasteiger partial charge in [0.25, 0.3) is 5.92 Å². The number of hydrogen-bond acceptors (Lipinski definition) is 2. The van der Waals surface area contributed by atoms with E-state index in [1.165, 1.54) is 0 Å². The highest BCUT2D eigenvalue weighted by Gasteiger charge is 2.89. The molecular formula is C14H14F2O2. The van der Waals surface area contributed by atoms with Gasteiger partial charge in [-0.15, -0.1) is 0 Å². The summed E-state index contributed by atoms with van der Waals surface area (Å²) in [5.41, 5.74) is -0.909. The Kier molecular flexibility index (Phi) is 2.28. The van der Waals surface area contributed by atoms with Crippen molar-refractivity contribution in [3.8, 4) is 0 Å². The van der Waals surface area contributed by atoms with Gasteiger partial charge >= 0.3 is 5.97 Å². The number of carbonyl (C=O) groups excluding carboxylic acids is 1. The fraction of sp³-hybridized carbons (Fsp3) is 0.500. The fourth-order valence-electron chi connectivity index (χ4n) is 3.24. The average Bonchev–Trinajstić information content (AvgIpc) is 3.03. The van der Waals surface area contributed by atoms with Crippen molar-refractivity contribution in [3.05, 3.63) is 35.9 Å². The maximum atomic E-state index is 14.3. The van der Waals surface area contributed by atoms with Gasteiger partial charge in [-0.25, -0.2) is 8.78 Å². The molecule has 0 aromatic heterocycles. The lowest BCUT2D eigenvalue weighted by Gasteiger charge is -2.42. The quantitative estimate of drug-likeness (QED) is 0.773. The monoisotopic (exact) mass is 252 g/mol. The summed E-state index contributed by atoms with van der Waals surface area (Å²) in [5.74, 6) is -4.80. The molecule has 2 fully saturated rings. The van der Waals surface area contributed by atoms with E-state index in [0.717, 1.165) is 0 Å². The van der Waals surface area contributed by atoms with E-state index in [4.69, 9.17) is 4.74 Å². The van der Waals surface area contributed by atoms with Crippen LogP contribution in [0.25, 0.3) is 0 Å². The van der Waals surface area contributed by atoms with Crippen LogP contribution in [0.4, 0.5) is 8.78 Å². The van der Waals surface area contributed by atoms with Crippen molar-refractivity contribution in [2.45, 2.75) is 25.2 Å². The molecule has 96 valence electrons. The zero-order chi connectivity index (χ0) is 13.0. The molecule has 1 aromatic rings. The van der Waals surface area contributed by atoms with E-state index < -0.39 is 23.2 Å². The topological polar surface area (TPSA) is 26.3 Å². The van der Waals surface area contributed by atoms with E-state index in [9.17, 15) is 13.6 Å². The number of carbonyl (C=O) groups is 1. The highest BCUT2D eigenvalue weighted by atomic mass is 19.3. The van der Waals surface area contributed by atoms with Gasteiger partial charge in [-0.1, -0.05) is 30.3 Å². The fourth-order valence-corrected chi connectivity index (χ4v) is 3.24. The molecule has 0 radical (unpaired) electrons. The van der Waals surface area contributed by atoms with Crippen molar-refractivity contribution in [2.75, 3.05) is 6.61 Å². The van der Waals surface area contributed by atoms with Crippen LogP contribution in [0.15, 0.2) is 30.3 Å². The third kappa shape index (κ3) is 1.18. The second kappa shape index (κ2) is 3.53. The van der Waals surface area contributed by atoms with Gasteiger partial charge in [0, 0.05) is 0 Å². The Balaban J connectivity index is 1.87. The van der Waals surface area contributed by atoms with Crippen LogP contribution in [0.2, 0.25) is 0 Å². The van der Waals surface area contributed by atoms with Crippen LogP contribution in [-0.2, 0) is 9.53 Å². The first-order chi connectivity index (χ1) is 8.55. The molecule has 2 saturated carbocycles. The first-order valence-corrected chi connectivity index (χ1v) is 6.15. The maximum absolute atomic E-state index is 14.3.